The van der Waals surface area contributed by atoms with Gasteiger partial charge in [-0.25, -0.2) is 4.39 Å². The average Bonchev–Trinajstić information content (AvgIpc) is 2.70. The van der Waals surface area contributed by atoms with E-state index in [1.54, 1.807) is 18.2 Å². The molecule has 3 rings (SSSR count). The number of benzene rings is 3. The van der Waals surface area contributed by atoms with Gasteiger partial charge in [-0.2, -0.15) is 0 Å². The van der Waals surface area contributed by atoms with Crippen molar-refractivity contribution in [2.24, 2.45) is 0 Å². The highest BCUT2D eigenvalue weighted by molar-refractivity contribution is 6.32. The summed E-state index contributed by atoms with van der Waals surface area (Å²) in [4.78, 5) is 0. The Morgan fingerprint density at radius 2 is 1.66 bits per heavy atom. The molecular formula is C24H26ClFNO2+. The van der Waals surface area contributed by atoms with Gasteiger partial charge in [-0.15, -0.1) is 0 Å². The minimum Gasteiger partial charge on any atom is -0.490 e. The summed E-state index contributed by atoms with van der Waals surface area (Å²) in [7, 11) is 0. The third-order valence-corrected chi connectivity index (χ3v) is 4.86. The SMILES string of the molecule is CCOc1cc(C[NH2+]Cc2ccc(C)cc2)cc(Cl)c1OCc1ccccc1F. The van der Waals surface area contributed by atoms with Gasteiger partial charge in [0.15, 0.2) is 11.5 Å². The predicted molar refractivity (Wildman–Crippen MR) is 114 cm³/mol. The van der Waals surface area contributed by atoms with Gasteiger partial charge < -0.3 is 14.8 Å². The number of rotatable bonds is 9. The predicted octanol–water partition coefficient (Wildman–Crippen LogP) is 5.03. The molecule has 0 amide bonds. The molecule has 0 heterocycles. The second kappa shape index (κ2) is 10.3. The summed E-state index contributed by atoms with van der Waals surface area (Å²) in [5.74, 6) is 0.720. The molecule has 2 N–H and O–H groups in total. The lowest BCUT2D eigenvalue weighted by Crippen LogP contribution is -2.80. The highest BCUT2D eigenvalue weighted by Gasteiger charge is 2.14. The minimum atomic E-state index is -0.302. The van der Waals surface area contributed by atoms with Gasteiger partial charge in [-0.3, -0.25) is 0 Å². The molecule has 3 aromatic rings. The van der Waals surface area contributed by atoms with Crippen molar-refractivity contribution in [1.29, 1.82) is 0 Å². The van der Waals surface area contributed by atoms with Crippen LogP contribution in [0.15, 0.2) is 60.7 Å². The first-order chi connectivity index (χ1) is 14.1. The molecule has 0 aliphatic carbocycles. The van der Waals surface area contributed by atoms with Crippen molar-refractivity contribution in [3.63, 3.8) is 0 Å². The van der Waals surface area contributed by atoms with E-state index in [-0.39, 0.29) is 12.4 Å². The molecule has 0 radical (unpaired) electrons. The zero-order chi connectivity index (χ0) is 20.6. The van der Waals surface area contributed by atoms with Gasteiger partial charge in [0, 0.05) is 16.7 Å². The zero-order valence-corrected chi connectivity index (χ0v) is 17.5. The minimum absolute atomic E-state index is 0.0887. The number of halogens is 2. The van der Waals surface area contributed by atoms with E-state index in [4.69, 9.17) is 21.1 Å². The van der Waals surface area contributed by atoms with E-state index < -0.39 is 0 Å². The molecule has 3 nitrogen and oxygen atoms in total. The van der Waals surface area contributed by atoms with Crippen LogP contribution in [-0.4, -0.2) is 6.61 Å². The lowest BCUT2D eigenvalue weighted by molar-refractivity contribution is -0.686. The molecule has 3 aromatic carbocycles. The van der Waals surface area contributed by atoms with Crippen LogP contribution in [0.5, 0.6) is 11.5 Å². The van der Waals surface area contributed by atoms with Gasteiger partial charge in [0.2, 0.25) is 0 Å². The first-order valence-electron chi connectivity index (χ1n) is 9.75. The third-order valence-electron chi connectivity index (χ3n) is 4.58. The van der Waals surface area contributed by atoms with Crippen molar-refractivity contribution in [2.75, 3.05) is 6.61 Å². The second-order valence-electron chi connectivity index (χ2n) is 6.90. The summed E-state index contributed by atoms with van der Waals surface area (Å²) in [5.41, 5.74) is 4.05. The molecule has 0 aliphatic heterocycles. The first-order valence-corrected chi connectivity index (χ1v) is 10.1. The van der Waals surface area contributed by atoms with Crippen molar-refractivity contribution in [3.8, 4) is 11.5 Å². The molecule has 0 saturated carbocycles. The quantitative estimate of drug-likeness (QED) is 0.533. The number of hydrogen-bond donors (Lipinski definition) is 1. The van der Waals surface area contributed by atoms with E-state index in [0.29, 0.717) is 28.7 Å². The Morgan fingerprint density at radius 1 is 0.931 bits per heavy atom. The standard InChI is InChI=1S/C24H25ClFNO2/c1-3-28-23-13-19(15-27-14-18-10-8-17(2)9-11-18)12-21(25)24(23)29-16-20-6-4-5-7-22(20)26/h4-13,27H,3,14-16H2,1-2H3/p+1. The summed E-state index contributed by atoms with van der Waals surface area (Å²) in [6, 6.07) is 18.9. The van der Waals surface area contributed by atoms with Gasteiger partial charge in [0.05, 0.1) is 11.6 Å². The van der Waals surface area contributed by atoms with E-state index in [1.807, 2.05) is 19.1 Å². The fourth-order valence-corrected chi connectivity index (χ4v) is 3.33. The summed E-state index contributed by atoms with van der Waals surface area (Å²) in [6.45, 7) is 6.22. The number of aryl methyl sites for hydroxylation is 1. The van der Waals surface area contributed by atoms with E-state index >= 15 is 0 Å². The number of quaternary nitrogens is 1. The molecule has 0 aromatic heterocycles. The smallest absolute Gasteiger partial charge is 0.180 e. The third kappa shape index (κ3) is 5.96. The average molecular weight is 415 g/mol. The highest BCUT2D eigenvalue weighted by atomic mass is 35.5. The van der Waals surface area contributed by atoms with Crippen molar-refractivity contribution in [1.82, 2.24) is 0 Å². The number of hydrogen-bond acceptors (Lipinski definition) is 2. The molecule has 0 unspecified atom stereocenters. The molecule has 0 atom stereocenters. The van der Waals surface area contributed by atoms with E-state index in [9.17, 15) is 4.39 Å². The van der Waals surface area contributed by atoms with Gasteiger partial charge in [-0.1, -0.05) is 59.6 Å². The Hall–Kier alpha value is -2.56. The van der Waals surface area contributed by atoms with Crippen LogP contribution in [0.1, 0.15) is 29.2 Å². The van der Waals surface area contributed by atoms with Crippen LogP contribution in [0, 0.1) is 12.7 Å². The molecule has 5 heteroatoms. The Bertz CT molecular complexity index is 944. The largest absolute Gasteiger partial charge is 0.490 e. The maximum absolute atomic E-state index is 13.9. The molecule has 0 fully saturated rings. The van der Waals surface area contributed by atoms with Crippen LogP contribution in [-0.2, 0) is 19.7 Å². The Labute approximate surface area is 176 Å². The molecular weight excluding hydrogens is 389 g/mol. The fourth-order valence-electron chi connectivity index (χ4n) is 3.04. The van der Waals surface area contributed by atoms with Crippen LogP contribution in [0.4, 0.5) is 4.39 Å². The maximum atomic E-state index is 13.9. The van der Waals surface area contributed by atoms with Crippen LogP contribution >= 0.6 is 11.6 Å². The summed E-state index contributed by atoms with van der Waals surface area (Å²) in [5, 5.41) is 2.68. The van der Waals surface area contributed by atoms with E-state index in [1.165, 1.54) is 17.2 Å². The van der Waals surface area contributed by atoms with Crippen LogP contribution in [0.3, 0.4) is 0 Å². The molecule has 0 aliphatic rings. The number of ether oxygens (including phenoxy) is 2. The monoisotopic (exact) mass is 414 g/mol. The second-order valence-corrected chi connectivity index (χ2v) is 7.31. The number of nitrogens with two attached hydrogens (primary N) is 1. The van der Waals surface area contributed by atoms with E-state index in [2.05, 4.69) is 36.5 Å². The molecule has 152 valence electrons. The van der Waals surface area contributed by atoms with E-state index in [0.717, 1.165) is 18.7 Å². The van der Waals surface area contributed by atoms with Crippen LogP contribution in [0.25, 0.3) is 0 Å². The Kier molecular flexibility index (Phi) is 7.50. The summed E-state index contributed by atoms with van der Waals surface area (Å²) in [6.07, 6.45) is 0. The molecule has 0 saturated heterocycles. The van der Waals surface area contributed by atoms with Crippen molar-refractivity contribution in [3.05, 3.63) is 93.8 Å². The summed E-state index contributed by atoms with van der Waals surface area (Å²) < 4.78 is 25.4. The maximum Gasteiger partial charge on any atom is 0.180 e. The van der Waals surface area contributed by atoms with Gasteiger partial charge in [0.25, 0.3) is 0 Å². The topological polar surface area (TPSA) is 35.1 Å². The van der Waals surface area contributed by atoms with Crippen molar-refractivity contribution in [2.45, 2.75) is 33.5 Å². The fraction of sp³-hybridized carbons (Fsp3) is 0.250. The van der Waals surface area contributed by atoms with Gasteiger partial charge in [-0.05, 0) is 32.0 Å². The van der Waals surface area contributed by atoms with Crippen LogP contribution in [0.2, 0.25) is 5.02 Å². The van der Waals surface area contributed by atoms with Gasteiger partial charge in [0.1, 0.15) is 25.5 Å². The normalized spacial score (nSPS) is 10.8. The molecule has 0 spiro atoms. The first kappa shape index (κ1) is 21.2. The van der Waals surface area contributed by atoms with Crippen molar-refractivity contribution >= 4 is 11.6 Å². The highest BCUT2D eigenvalue weighted by Crippen LogP contribution is 2.37. The lowest BCUT2D eigenvalue weighted by Gasteiger charge is -2.15. The Morgan fingerprint density at radius 3 is 2.38 bits per heavy atom. The Balaban J connectivity index is 1.68. The lowest BCUT2D eigenvalue weighted by atomic mass is 10.1. The zero-order valence-electron chi connectivity index (χ0n) is 16.8. The van der Waals surface area contributed by atoms with Gasteiger partial charge >= 0.3 is 0 Å². The summed E-state index contributed by atoms with van der Waals surface area (Å²) >= 11 is 6.48. The van der Waals surface area contributed by atoms with Crippen molar-refractivity contribution < 1.29 is 19.2 Å². The molecule has 29 heavy (non-hydrogen) atoms. The van der Waals surface area contributed by atoms with Crippen LogP contribution < -0.4 is 14.8 Å². The molecule has 0 bridgehead atoms.